The van der Waals surface area contributed by atoms with Crippen LogP contribution in [0.5, 0.6) is 5.75 Å². The fraction of sp³-hybridized carbons (Fsp3) is 0.652. The average molecular weight is 445 g/mol. The van der Waals surface area contributed by atoms with Crippen LogP contribution in [0.3, 0.4) is 0 Å². The Labute approximate surface area is 204 Å². The van der Waals surface area contributed by atoms with Gasteiger partial charge in [0.05, 0.1) is 16.9 Å². The molecule has 8 heteroatoms. The molecule has 1 aliphatic carbocycles. The predicted molar refractivity (Wildman–Crippen MR) is 122 cm³/mol. The molecule has 1 saturated carbocycles. The lowest BCUT2D eigenvalue weighted by Gasteiger charge is -2.39. The highest BCUT2D eigenvalue weighted by Gasteiger charge is 2.24. The molecule has 2 aliphatic rings. The zero-order valence-electron chi connectivity index (χ0n) is 30.4. The highest BCUT2D eigenvalue weighted by atomic mass is 16.5. The Morgan fingerprint density at radius 3 is 2.90 bits per heavy atom. The van der Waals surface area contributed by atoms with Gasteiger partial charge in [0.2, 0.25) is 5.91 Å². The molecule has 2 atom stereocenters. The van der Waals surface area contributed by atoms with E-state index in [1.165, 1.54) is 25.3 Å². The lowest BCUT2D eigenvalue weighted by molar-refractivity contribution is -0.122. The number of anilines is 1. The van der Waals surface area contributed by atoms with Gasteiger partial charge >= 0.3 is 6.03 Å². The number of ether oxygens (including phenoxy) is 1. The van der Waals surface area contributed by atoms with E-state index in [0.717, 1.165) is 32.1 Å². The van der Waals surface area contributed by atoms with Crippen LogP contribution in [0.1, 0.15) is 60.4 Å². The highest BCUT2D eigenvalue weighted by molar-refractivity contribution is 5.81. The number of nitrogens with zero attached hydrogens (tertiary/aromatic N) is 2. The molecule has 8 nitrogen and oxygen atoms in total. The zero-order valence-corrected chi connectivity index (χ0v) is 17.4. The smallest absolute Gasteiger partial charge is 0.333 e. The Hall–Kier alpha value is -2.48. The molecule has 0 bridgehead atoms. The first-order valence-electron chi connectivity index (χ1n) is 16.7. The summed E-state index contributed by atoms with van der Waals surface area (Å²) in [7, 11) is 1.26. The lowest BCUT2D eigenvalue weighted by Crippen LogP contribution is -2.52. The largest absolute Gasteiger partial charge is 0.495 e. The monoisotopic (exact) mass is 444 g/mol. The van der Waals surface area contributed by atoms with Crippen molar-refractivity contribution in [3.63, 3.8) is 0 Å². The van der Waals surface area contributed by atoms with Gasteiger partial charge in [-0.05, 0) is 37.7 Å². The van der Waals surface area contributed by atoms with Crippen LogP contribution in [-0.2, 0) is 4.79 Å². The number of benzene rings is 1. The minimum atomic E-state index is -4.06. The van der Waals surface area contributed by atoms with Crippen LogP contribution in [-0.4, -0.2) is 62.6 Å². The van der Waals surface area contributed by atoms with Crippen molar-refractivity contribution in [2.24, 2.45) is 5.92 Å². The standard InChI is InChI=1S/C23H37N5O3/c1-18(16-22(29)25-26-23(30)24-17-19-8-4-3-5-9-19)27-12-14-28(15-13-27)20-10-6-7-11-21(20)31-2/h6-7,10-11,18-19H,3-5,8-9,12-17H2,1-2H3,(H,25,29)(H2,24,26,30)/i1D3,12D2,14D2,15D,16D2,18D/hD2. The minimum Gasteiger partial charge on any atom is -0.495 e. The van der Waals surface area contributed by atoms with E-state index in [1.807, 2.05) is 0 Å². The third kappa shape index (κ3) is 7.02. The molecule has 0 spiro atoms. The molecule has 2 unspecified atom stereocenters. The molecule has 3 amide bonds. The normalized spacial score (nSPS) is 32.5. The topological polar surface area (TPSA) is 85.9 Å². The van der Waals surface area contributed by atoms with Crippen molar-refractivity contribution in [2.45, 2.75) is 51.3 Å². The number of carbonyl (C=O) groups is 2. The number of carbonyl (C=O) groups excluding carboxylic acids is 2. The molecule has 0 aromatic heterocycles. The minimum absolute atomic E-state index is 0.0542. The fourth-order valence-electron chi connectivity index (χ4n) is 3.45. The van der Waals surface area contributed by atoms with Crippen molar-refractivity contribution in [1.29, 1.82) is 0 Å². The maximum Gasteiger partial charge on any atom is 0.333 e. The number of methoxy groups -OCH3 is 1. The number of nitrogens with one attached hydrogen (secondary N) is 3. The van der Waals surface area contributed by atoms with Crippen LogP contribution in [0.25, 0.3) is 0 Å². The number of piperazine rings is 1. The first-order chi connectivity index (χ1) is 20.2. The second kappa shape index (κ2) is 11.8. The van der Waals surface area contributed by atoms with Crippen LogP contribution < -0.4 is 25.8 Å². The summed E-state index contributed by atoms with van der Waals surface area (Å²) in [5.41, 5.74) is -0.990. The third-order valence-electron chi connectivity index (χ3n) is 5.09. The van der Waals surface area contributed by atoms with E-state index in [-0.39, 0.29) is 34.2 Å². The molecule has 3 N–H and O–H groups in total. The summed E-state index contributed by atoms with van der Waals surface area (Å²) < 4.78 is 115. The van der Waals surface area contributed by atoms with Crippen molar-refractivity contribution in [3.8, 4) is 5.75 Å². The van der Waals surface area contributed by atoms with E-state index in [9.17, 15) is 9.59 Å². The molecule has 1 saturated heterocycles. The van der Waals surface area contributed by atoms with Gasteiger partial charge in [-0.25, -0.2) is 10.2 Å². The summed E-state index contributed by atoms with van der Waals surface area (Å²) in [6.07, 6.45) is 0.536. The number of urea groups is 1. The van der Waals surface area contributed by atoms with E-state index < -0.39 is 62.7 Å². The second-order valence-corrected chi connectivity index (χ2v) is 7.23. The van der Waals surface area contributed by atoms with Gasteiger partial charge < -0.3 is 15.0 Å². The zero-order chi connectivity index (χ0) is 33.5. The van der Waals surface area contributed by atoms with Crippen LogP contribution in [0.4, 0.5) is 10.5 Å². The van der Waals surface area contributed by atoms with Gasteiger partial charge in [0.15, 0.2) is 2.82 Å². The summed E-state index contributed by atoms with van der Waals surface area (Å²) in [6, 6.07) is 0.530. The Kier molecular flexibility index (Phi) is 4.34. The first-order valence-corrected chi connectivity index (χ1v) is 10.2. The van der Waals surface area contributed by atoms with Crippen LogP contribution in [0, 0.1) is 5.92 Å². The van der Waals surface area contributed by atoms with Crippen molar-refractivity contribution in [1.82, 2.24) is 21.1 Å². The summed E-state index contributed by atoms with van der Waals surface area (Å²) in [5, 5.41) is 2.38. The van der Waals surface area contributed by atoms with Gasteiger partial charge in [-0.1, -0.05) is 31.4 Å². The first kappa shape index (κ1) is 11.4. The fourth-order valence-corrected chi connectivity index (χ4v) is 3.45. The van der Waals surface area contributed by atoms with Gasteiger partial charge in [0, 0.05) is 56.0 Å². The lowest BCUT2D eigenvalue weighted by atomic mass is 9.89. The number of hydrogen-bond acceptors (Lipinski definition) is 5. The van der Waals surface area contributed by atoms with Crippen molar-refractivity contribution < 1.29 is 32.2 Å². The SMILES string of the molecule is [2H]C1CN(C([2H])(C([2H])([2H])[2H])C([2H])([2H])C(=O)N([2H])N([2H])C(=O)NCC2CCCCC2)C([2H])([2H])C([2H])([2H])N1c1ccccc1OC. The van der Waals surface area contributed by atoms with Crippen LogP contribution in [0.15, 0.2) is 24.3 Å². The molecule has 1 aromatic rings. The molecule has 0 radical (unpaired) electrons. The summed E-state index contributed by atoms with van der Waals surface area (Å²) in [6.45, 7) is -13.6. The van der Waals surface area contributed by atoms with E-state index >= 15 is 0 Å². The molecule has 1 aromatic carbocycles. The van der Waals surface area contributed by atoms with Gasteiger partial charge in [0.25, 0.3) is 0 Å². The second-order valence-electron chi connectivity index (χ2n) is 7.23. The molecule has 2 fully saturated rings. The Morgan fingerprint density at radius 1 is 1.32 bits per heavy atom. The van der Waals surface area contributed by atoms with Crippen molar-refractivity contribution in [2.75, 3.05) is 44.6 Å². The van der Waals surface area contributed by atoms with E-state index in [1.54, 1.807) is 6.07 Å². The van der Waals surface area contributed by atoms with E-state index in [0.29, 0.717) is 4.90 Å². The van der Waals surface area contributed by atoms with Gasteiger partial charge in [-0.3, -0.25) is 15.1 Å². The number of para-hydroxylation sites is 2. The number of rotatable bonds is 7. The maximum absolute atomic E-state index is 13.3. The predicted octanol–water partition coefficient (Wildman–Crippen LogP) is 2.51. The molecule has 31 heavy (non-hydrogen) atoms. The number of hydrogen-bond donors (Lipinski definition) is 3. The molecular weight excluding hydrogens is 394 g/mol. The van der Waals surface area contributed by atoms with Gasteiger partial charge in [-0.2, -0.15) is 0 Å². The summed E-state index contributed by atoms with van der Waals surface area (Å²) in [5.74, 6) is -2.02. The van der Waals surface area contributed by atoms with Crippen molar-refractivity contribution in [3.05, 3.63) is 24.3 Å². The molecular formula is C23H37N5O3. The number of amides is 3. The quantitative estimate of drug-likeness (QED) is 0.563. The molecule has 1 heterocycles. The average Bonchev–Trinajstić information content (AvgIpc) is 2.96. The van der Waals surface area contributed by atoms with E-state index in [4.69, 9.17) is 22.6 Å². The van der Waals surface area contributed by atoms with E-state index in [2.05, 4.69) is 5.32 Å². The van der Waals surface area contributed by atoms with Gasteiger partial charge in [-0.15, -0.1) is 0 Å². The molecule has 1 aliphatic heterocycles. The Bertz CT molecular complexity index is 1200. The number of hydrazine groups is 1. The van der Waals surface area contributed by atoms with Gasteiger partial charge in [0.1, 0.15) is 5.75 Å². The van der Waals surface area contributed by atoms with Crippen LogP contribution in [0.2, 0.25) is 2.82 Å². The molecule has 172 valence electrons. The van der Waals surface area contributed by atoms with Crippen LogP contribution >= 0.6 is 0 Å². The summed E-state index contributed by atoms with van der Waals surface area (Å²) >= 11 is 0. The molecule has 3 rings (SSSR count). The highest BCUT2D eigenvalue weighted by Crippen LogP contribution is 2.28. The van der Waals surface area contributed by atoms with Crippen molar-refractivity contribution >= 4 is 17.6 Å². The maximum atomic E-state index is 13.3. The third-order valence-corrected chi connectivity index (χ3v) is 5.09. The Balaban J connectivity index is 1.97. The summed E-state index contributed by atoms with van der Waals surface area (Å²) in [4.78, 5) is 26.5. The Morgan fingerprint density at radius 2 is 2.13 bits per heavy atom.